The summed E-state index contributed by atoms with van der Waals surface area (Å²) in [5.74, 6) is 0.308. The van der Waals surface area contributed by atoms with Crippen molar-refractivity contribution in [2.45, 2.75) is 25.3 Å². The second-order valence-corrected chi connectivity index (χ2v) is 5.31. The molecule has 3 N–H and O–H groups in total. The average molecular weight is 260 g/mol. The number of aromatic hydroxyl groups is 1. The molecule has 2 heterocycles. The molecule has 0 amide bonds. The number of aromatic nitrogens is 1. The molecule has 1 aromatic carbocycles. The zero-order chi connectivity index (χ0) is 13.2. The van der Waals surface area contributed by atoms with Gasteiger partial charge < -0.3 is 15.2 Å². The first-order valence-corrected chi connectivity index (χ1v) is 6.92. The van der Waals surface area contributed by atoms with Crippen LogP contribution in [0.5, 0.6) is 5.75 Å². The van der Waals surface area contributed by atoms with Crippen LogP contribution in [0.1, 0.15) is 18.4 Å². The van der Waals surface area contributed by atoms with Gasteiger partial charge in [-0.05, 0) is 49.6 Å². The number of aliphatic hydroxyl groups is 1. The SMILES string of the molecule is OC[C@@H]1CCCN1CCc1c[nH]c2ccc(O)cc12. The largest absolute Gasteiger partial charge is 0.508 e. The van der Waals surface area contributed by atoms with E-state index >= 15 is 0 Å². The summed E-state index contributed by atoms with van der Waals surface area (Å²) in [4.78, 5) is 5.60. The van der Waals surface area contributed by atoms with Crippen LogP contribution in [0.25, 0.3) is 10.9 Å². The molecule has 0 spiro atoms. The number of hydrogen-bond acceptors (Lipinski definition) is 3. The van der Waals surface area contributed by atoms with E-state index in [0.29, 0.717) is 11.8 Å². The van der Waals surface area contributed by atoms with Crippen molar-refractivity contribution >= 4 is 10.9 Å². The number of H-pyrrole nitrogens is 1. The molecule has 19 heavy (non-hydrogen) atoms. The van der Waals surface area contributed by atoms with Crippen molar-refractivity contribution in [3.8, 4) is 5.75 Å². The number of aromatic amines is 1. The van der Waals surface area contributed by atoms with Gasteiger partial charge in [0.25, 0.3) is 0 Å². The van der Waals surface area contributed by atoms with Crippen LogP contribution in [0.15, 0.2) is 24.4 Å². The Morgan fingerprint density at radius 2 is 2.26 bits per heavy atom. The Hall–Kier alpha value is -1.52. The topological polar surface area (TPSA) is 59.5 Å². The summed E-state index contributed by atoms with van der Waals surface area (Å²) < 4.78 is 0. The molecule has 1 aliphatic rings. The van der Waals surface area contributed by atoms with Gasteiger partial charge in [-0.3, -0.25) is 4.90 Å². The predicted molar refractivity (Wildman–Crippen MR) is 75.3 cm³/mol. The molecular weight excluding hydrogens is 240 g/mol. The fourth-order valence-electron chi connectivity index (χ4n) is 3.03. The van der Waals surface area contributed by atoms with Crippen LogP contribution in [-0.2, 0) is 6.42 Å². The lowest BCUT2D eigenvalue weighted by atomic mass is 10.1. The van der Waals surface area contributed by atoms with E-state index in [1.165, 1.54) is 12.0 Å². The molecule has 0 radical (unpaired) electrons. The number of benzene rings is 1. The lowest BCUT2D eigenvalue weighted by Crippen LogP contribution is -2.33. The van der Waals surface area contributed by atoms with Crippen LogP contribution < -0.4 is 0 Å². The molecule has 0 saturated carbocycles. The number of likely N-dealkylation sites (tertiary alicyclic amines) is 1. The number of hydrogen-bond donors (Lipinski definition) is 3. The summed E-state index contributed by atoms with van der Waals surface area (Å²) in [5.41, 5.74) is 2.29. The zero-order valence-corrected chi connectivity index (χ0v) is 11.0. The minimum atomic E-state index is 0.259. The number of phenolic OH excluding ortho intramolecular Hbond substituents is 1. The molecule has 0 aliphatic carbocycles. The Bertz CT molecular complexity index is 564. The van der Waals surface area contributed by atoms with Gasteiger partial charge in [-0.15, -0.1) is 0 Å². The van der Waals surface area contributed by atoms with E-state index in [0.717, 1.165) is 36.8 Å². The minimum absolute atomic E-state index is 0.259. The smallest absolute Gasteiger partial charge is 0.116 e. The van der Waals surface area contributed by atoms with E-state index in [2.05, 4.69) is 9.88 Å². The van der Waals surface area contributed by atoms with Crippen molar-refractivity contribution in [2.75, 3.05) is 19.7 Å². The van der Waals surface area contributed by atoms with Crippen molar-refractivity contribution in [1.82, 2.24) is 9.88 Å². The monoisotopic (exact) mass is 260 g/mol. The number of rotatable bonds is 4. The van der Waals surface area contributed by atoms with Gasteiger partial charge in [-0.2, -0.15) is 0 Å². The normalized spacial score (nSPS) is 20.4. The Kier molecular flexibility index (Phi) is 3.44. The molecule has 0 bridgehead atoms. The maximum Gasteiger partial charge on any atom is 0.116 e. The molecule has 2 aromatic rings. The van der Waals surface area contributed by atoms with Crippen LogP contribution in [0.4, 0.5) is 0 Å². The molecule has 3 rings (SSSR count). The first-order valence-electron chi connectivity index (χ1n) is 6.92. The van der Waals surface area contributed by atoms with Crippen molar-refractivity contribution in [3.05, 3.63) is 30.0 Å². The second kappa shape index (κ2) is 5.23. The molecule has 102 valence electrons. The number of fused-ring (bicyclic) bond motifs is 1. The number of phenols is 1. The van der Waals surface area contributed by atoms with Gasteiger partial charge in [0, 0.05) is 29.7 Å². The van der Waals surface area contributed by atoms with Crippen LogP contribution in [0.3, 0.4) is 0 Å². The molecule has 1 saturated heterocycles. The quantitative estimate of drug-likeness (QED) is 0.786. The standard InChI is InChI=1S/C15H20N2O2/c18-10-12-2-1-6-17(12)7-5-11-9-16-15-4-3-13(19)8-14(11)15/h3-4,8-9,12,16,18-19H,1-2,5-7,10H2/t12-/m0/s1. The number of nitrogens with one attached hydrogen (secondary N) is 1. The highest BCUT2D eigenvalue weighted by Crippen LogP contribution is 2.24. The summed E-state index contributed by atoms with van der Waals surface area (Å²) in [6.07, 6.45) is 5.25. The van der Waals surface area contributed by atoms with E-state index in [1.54, 1.807) is 6.07 Å². The third-order valence-electron chi connectivity index (χ3n) is 4.13. The van der Waals surface area contributed by atoms with Crippen molar-refractivity contribution in [1.29, 1.82) is 0 Å². The van der Waals surface area contributed by atoms with Gasteiger partial charge in [0.2, 0.25) is 0 Å². The molecule has 1 aromatic heterocycles. The zero-order valence-electron chi connectivity index (χ0n) is 11.0. The Balaban J connectivity index is 1.73. The fraction of sp³-hybridized carbons (Fsp3) is 0.467. The van der Waals surface area contributed by atoms with Crippen LogP contribution in [0, 0.1) is 0 Å². The molecule has 0 unspecified atom stereocenters. The highest BCUT2D eigenvalue weighted by molar-refractivity contribution is 5.84. The van der Waals surface area contributed by atoms with E-state index in [4.69, 9.17) is 0 Å². The Labute approximate surface area is 112 Å². The van der Waals surface area contributed by atoms with Gasteiger partial charge in [0.15, 0.2) is 0 Å². The van der Waals surface area contributed by atoms with Crippen molar-refractivity contribution < 1.29 is 10.2 Å². The molecule has 1 fully saturated rings. The first kappa shape index (κ1) is 12.5. The van der Waals surface area contributed by atoms with Crippen LogP contribution in [0.2, 0.25) is 0 Å². The fourth-order valence-corrected chi connectivity index (χ4v) is 3.03. The predicted octanol–water partition coefficient (Wildman–Crippen LogP) is 1.87. The maximum absolute atomic E-state index is 9.58. The van der Waals surface area contributed by atoms with E-state index in [9.17, 15) is 10.2 Å². The van der Waals surface area contributed by atoms with Crippen LogP contribution >= 0.6 is 0 Å². The molecular formula is C15H20N2O2. The van der Waals surface area contributed by atoms with Gasteiger partial charge in [0.1, 0.15) is 5.75 Å². The third kappa shape index (κ3) is 2.46. The van der Waals surface area contributed by atoms with E-state index < -0.39 is 0 Å². The summed E-state index contributed by atoms with van der Waals surface area (Å²) in [5, 5.41) is 20.0. The van der Waals surface area contributed by atoms with Gasteiger partial charge in [0.05, 0.1) is 6.61 Å². The van der Waals surface area contributed by atoms with Gasteiger partial charge >= 0.3 is 0 Å². The number of nitrogens with zero attached hydrogens (tertiary/aromatic N) is 1. The molecule has 1 atom stereocenters. The second-order valence-electron chi connectivity index (χ2n) is 5.31. The summed E-state index contributed by atoms with van der Waals surface area (Å²) in [6, 6.07) is 5.75. The lowest BCUT2D eigenvalue weighted by Gasteiger charge is -2.22. The summed E-state index contributed by atoms with van der Waals surface area (Å²) >= 11 is 0. The third-order valence-corrected chi connectivity index (χ3v) is 4.13. The highest BCUT2D eigenvalue weighted by atomic mass is 16.3. The molecule has 1 aliphatic heterocycles. The Morgan fingerprint density at radius 3 is 3.11 bits per heavy atom. The maximum atomic E-state index is 9.58. The average Bonchev–Trinajstić information content (AvgIpc) is 3.02. The van der Waals surface area contributed by atoms with Crippen LogP contribution in [-0.4, -0.2) is 45.8 Å². The van der Waals surface area contributed by atoms with Gasteiger partial charge in [-0.1, -0.05) is 0 Å². The van der Waals surface area contributed by atoms with Crippen molar-refractivity contribution in [2.24, 2.45) is 0 Å². The minimum Gasteiger partial charge on any atom is -0.508 e. The lowest BCUT2D eigenvalue weighted by molar-refractivity contribution is 0.160. The van der Waals surface area contributed by atoms with E-state index in [1.807, 2.05) is 18.3 Å². The van der Waals surface area contributed by atoms with Crippen molar-refractivity contribution in [3.63, 3.8) is 0 Å². The van der Waals surface area contributed by atoms with Gasteiger partial charge in [-0.25, -0.2) is 0 Å². The molecule has 4 heteroatoms. The van der Waals surface area contributed by atoms with E-state index in [-0.39, 0.29) is 6.61 Å². The molecule has 4 nitrogen and oxygen atoms in total. The Morgan fingerprint density at radius 1 is 1.37 bits per heavy atom. The number of aliphatic hydroxyl groups excluding tert-OH is 1. The summed E-state index contributed by atoms with van der Waals surface area (Å²) in [7, 11) is 0. The highest BCUT2D eigenvalue weighted by Gasteiger charge is 2.23. The first-order chi connectivity index (χ1) is 9.28. The summed E-state index contributed by atoms with van der Waals surface area (Å²) in [6.45, 7) is 2.31.